The molecule has 23 heavy (non-hydrogen) atoms. The zero-order chi connectivity index (χ0) is 16.2. The molecule has 1 aliphatic rings. The van der Waals surface area contributed by atoms with Gasteiger partial charge in [-0.3, -0.25) is 0 Å². The van der Waals surface area contributed by atoms with Crippen LogP contribution in [-0.2, 0) is 9.53 Å². The van der Waals surface area contributed by atoms with Crippen molar-refractivity contribution in [1.82, 2.24) is 0 Å². The van der Waals surface area contributed by atoms with Gasteiger partial charge in [0, 0.05) is 18.2 Å². The summed E-state index contributed by atoms with van der Waals surface area (Å²) in [5.74, 6) is -0.164. The molecule has 0 fully saturated rings. The van der Waals surface area contributed by atoms with Crippen LogP contribution < -0.4 is 10.6 Å². The Morgan fingerprint density at radius 1 is 1.17 bits per heavy atom. The van der Waals surface area contributed by atoms with Gasteiger partial charge in [0.25, 0.3) is 0 Å². The lowest BCUT2D eigenvalue weighted by Gasteiger charge is -2.18. The average molecular weight is 310 g/mol. The highest BCUT2D eigenvalue weighted by Crippen LogP contribution is 2.35. The maximum Gasteiger partial charge on any atom is 0.332 e. The maximum atomic E-state index is 11.6. The first-order valence-corrected chi connectivity index (χ1v) is 7.36. The van der Waals surface area contributed by atoms with Crippen molar-refractivity contribution in [1.29, 1.82) is 0 Å². The van der Waals surface area contributed by atoms with Gasteiger partial charge in [0.15, 0.2) is 0 Å². The lowest BCUT2D eigenvalue weighted by atomic mass is 10.0. The first-order valence-electron chi connectivity index (χ1n) is 7.36. The highest BCUT2D eigenvalue weighted by molar-refractivity contribution is 5.84. The normalized spacial score (nSPS) is 18.3. The third-order valence-corrected chi connectivity index (χ3v) is 3.76. The molecule has 5 heteroatoms. The second-order valence-electron chi connectivity index (χ2n) is 5.36. The van der Waals surface area contributed by atoms with E-state index >= 15 is 0 Å². The summed E-state index contributed by atoms with van der Waals surface area (Å²) in [5.41, 5.74) is 3.66. The molecular weight excluding hydrogens is 292 g/mol. The highest BCUT2D eigenvalue weighted by Gasteiger charge is 2.20. The molecule has 0 aromatic heterocycles. The van der Waals surface area contributed by atoms with E-state index in [-0.39, 0.29) is 11.8 Å². The Morgan fingerprint density at radius 3 is 2.57 bits per heavy atom. The number of methoxy groups -OCH3 is 1. The van der Waals surface area contributed by atoms with E-state index in [0.717, 1.165) is 22.6 Å². The Balaban J connectivity index is 1.98. The van der Waals surface area contributed by atoms with Crippen LogP contribution in [0.1, 0.15) is 18.0 Å². The van der Waals surface area contributed by atoms with E-state index in [1.807, 2.05) is 36.4 Å². The molecule has 118 valence electrons. The fraction of sp³-hybridized carbons (Fsp3) is 0.167. The number of aromatic hydroxyl groups is 1. The Labute approximate surface area is 134 Å². The minimum Gasteiger partial charge on any atom is -0.508 e. The first kappa shape index (κ1) is 15.0. The van der Waals surface area contributed by atoms with E-state index in [9.17, 15) is 9.90 Å². The fourth-order valence-corrected chi connectivity index (χ4v) is 2.60. The molecule has 0 bridgehead atoms. The van der Waals surface area contributed by atoms with Crippen molar-refractivity contribution < 1.29 is 14.6 Å². The molecule has 0 saturated carbocycles. The van der Waals surface area contributed by atoms with Crippen LogP contribution in [-0.4, -0.2) is 18.2 Å². The van der Waals surface area contributed by atoms with E-state index in [1.54, 1.807) is 12.1 Å². The Hall–Kier alpha value is -2.95. The lowest BCUT2D eigenvalue weighted by molar-refractivity contribution is -0.134. The SMILES string of the molecule is COC(=O)/C=C1/CC(c2ccc(O)cc2)Nc2ccccc2N1. The molecule has 2 aromatic rings. The van der Waals surface area contributed by atoms with E-state index in [0.29, 0.717) is 6.42 Å². The summed E-state index contributed by atoms with van der Waals surface area (Å²) >= 11 is 0. The Morgan fingerprint density at radius 2 is 1.87 bits per heavy atom. The number of ether oxygens (including phenoxy) is 1. The third kappa shape index (κ3) is 3.45. The minimum atomic E-state index is -0.392. The van der Waals surface area contributed by atoms with Crippen LogP contribution in [0.2, 0.25) is 0 Å². The third-order valence-electron chi connectivity index (χ3n) is 3.76. The summed E-state index contributed by atoms with van der Waals surface area (Å²) in [6, 6.07) is 14.9. The van der Waals surface area contributed by atoms with Crippen molar-refractivity contribution in [2.45, 2.75) is 12.5 Å². The quantitative estimate of drug-likeness (QED) is 0.586. The summed E-state index contributed by atoms with van der Waals surface area (Å²) in [6.45, 7) is 0. The second-order valence-corrected chi connectivity index (χ2v) is 5.36. The summed E-state index contributed by atoms with van der Waals surface area (Å²) in [7, 11) is 1.36. The second kappa shape index (κ2) is 6.44. The van der Waals surface area contributed by atoms with Crippen LogP contribution in [0.25, 0.3) is 0 Å². The predicted molar refractivity (Wildman–Crippen MR) is 89.3 cm³/mol. The lowest BCUT2D eigenvalue weighted by Crippen LogP contribution is -2.11. The molecule has 0 amide bonds. The zero-order valence-electron chi connectivity index (χ0n) is 12.7. The van der Waals surface area contributed by atoms with Gasteiger partial charge in [-0.25, -0.2) is 4.79 Å². The number of hydrogen-bond acceptors (Lipinski definition) is 5. The van der Waals surface area contributed by atoms with Gasteiger partial charge < -0.3 is 20.5 Å². The predicted octanol–water partition coefficient (Wildman–Crippen LogP) is 3.42. The van der Waals surface area contributed by atoms with E-state index in [4.69, 9.17) is 4.74 Å². The van der Waals surface area contributed by atoms with Crippen molar-refractivity contribution in [2.24, 2.45) is 0 Å². The van der Waals surface area contributed by atoms with Gasteiger partial charge in [0.05, 0.1) is 24.5 Å². The smallest absolute Gasteiger partial charge is 0.332 e. The van der Waals surface area contributed by atoms with Gasteiger partial charge in [0.1, 0.15) is 5.75 Å². The molecule has 5 nitrogen and oxygen atoms in total. The van der Waals surface area contributed by atoms with Crippen molar-refractivity contribution in [3.63, 3.8) is 0 Å². The van der Waals surface area contributed by atoms with Crippen molar-refractivity contribution >= 4 is 17.3 Å². The topological polar surface area (TPSA) is 70.6 Å². The number of esters is 1. The van der Waals surface area contributed by atoms with Crippen molar-refractivity contribution in [3.05, 3.63) is 65.9 Å². The van der Waals surface area contributed by atoms with Gasteiger partial charge in [-0.1, -0.05) is 24.3 Å². The first-order chi connectivity index (χ1) is 11.2. The number of para-hydroxylation sites is 2. The number of benzene rings is 2. The Kier molecular flexibility index (Phi) is 4.19. The van der Waals surface area contributed by atoms with Crippen LogP contribution in [0.5, 0.6) is 5.75 Å². The number of phenols is 1. The molecule has 1 heterocycles. The standard InChI is InChI=1S/C18H18N2O3/c1-23-18(22)11-13-10-17(12-6-8-14(21)9-7-12)20-16-5-3-2-4-15(16)19-13/h2-9,11,17,19-21H,10H2,1H3/b13-11-. The van der Waals surface area contributed by atoms with Gasteiger partial charge in [0.2, 0.25) is 0 Å². The van der Waals surface area contributed by atoms with Crippen LogP contribution >= 0.6 is 0 Å². The van der Waals surface area contributed by atoms with E-state index in [1.165, 1.54) is 13.2 Å². The van der Waals surface area contributed by atoms with Crippen LogP contribution in [0, 0.1) is 0 Å². The number of carbonyl (C=O) groups is 1. The summed E-state index contributed by atoms with van der Waals surface area (Å²) < 4.78 is 4.73. The molecule has 1 unspecified atom stereocenters. The molecule has 0 aliphatic carbocycles. The van der Waals surface area contributed by atoms with Gasteiger partial charge in [-0.05, 0) is 29.8 Å². The molecular formula is C18H18N2O3. The maximum absolute atomic E-state index is 11.6. The zero-order valence-corrected chi connectivity index (χ0v) is 12.7. The molecule has 1 atom stereocenters. The largest absolute Gasteiger partial charge is 0.508 e. The number of carbonyl (C=O) groups excluding carboxylic acids is 1. The highest BCUT2D eigenvalue weighted by atomic mass is 16.5. The minimum absolute atomic E-state index is 0.0253. The number of hydrogen-bond donors (Lipinski definition) is 3. The summed E-state index contributed by atoms with van der Waals surface area (Å²) in [6.07, 6.45) is 2.06. The summed E-state index contributed by atoms with van der Waals surface area (Å²) in [5, 5.41) is 16.2. The molecule has 0 radical (unpaired) electrons. The number of fused-ring (bicyclic) bond motifs is 1. The van der Waals surface area contributed by atoms with Crippen molar-refractivity contribution in [2.75, 3.05) is 17.7 Å². The molecule has 0 spiro atoms. The Bertz CT molecular complexity index is 738. The van der Waals surface area contributed by atoms with Crippen LogP contribution in [0.3, 0.4) is 0 Å². The van der Waals surface area contributed by atoms with Gasteiger partial charge in [-0.15, -0.1) is 0 Å². The van der Waals surface area contributed by atoms with Crippen LogP contribution in [0.4, 0.5) is 11.4 Å². The molecule has 3 N–H and O–H groups in total. The molecule has 2 aromatic carbocycles. The van der Waals surface area contributed by atoms with Crippen molar-refractivity contribution in [3.8, 4) is 5.75 Å². The number of anilines is 2. The molecule has 1 aliphatic heterocycles. The van der Waals surface area contributed by atoms with Gasteiger partial charge in [-0.2, -0.15) is 0 Å². The molecule has 3 rings (SSSR count). The van der Waals surface area contributed by atoms with Crippen LogP contribution in [0.15, 0.2) is 60.3 Å². The number of phenolic OH excluding ortho intramolecular Hbond substituents is 1. The summed E-state index contributed by atoms with van der Waals surface area (Å²) in [4.78, 5) is 11.6. The van der Waals surface area contributed by atoms with Gasteiger partial charge >= 0.3 is 5.97 Å². The van der Waals surface area contributed by atoms with E-state index in [2.05, 4.69) is 10.6 Å². The average Bonchev–Trinajstić information content (AvgIpc) is 2.74. The number of nitrogens with one attached hydrogen (secondary N) is 2. The van der Waals surface area contributed by atoms with E-state index < -0.39 is 5.97 Å². The monoisotopic (exact) mass is 310 g/mol. The molecule has 0 saturated heterocycles. The number of rotatable bonds is 2. The fourth-order valence-electron chi connectivity index (χ4n) is 2.60.